The van der Waals surface area contributed by atoms with Gasteiger partial charge in [-0.05, 0) is 53.8 Å². The van der Waals surface area contributed by atoms with Crippen molar-refractivity contribution >= 4 is 23.9 Å². The lowest BCUT2D eigenvalue weighted by atomic mass is 9.95. The van der Waals surface area contributed by atoms with Crippen LogP contribution in [0.2, 0.25) is 0 Å². The van der Waals surface area contributed by atoms with E-state index in [4.69, 9.17) is 4.74 Å². The molecule has 0 bridgehead atoms. The van der Waals surface area contributed by atoms with Gasteiger partial charge in [0, 0.05) is 38.2 Å². The summed E-state index contributed by atoms with van der Waals surface area (Å²) in [5, 5.41) is 12.1. The quantitative estimate of drug-likeness (QED) is 0.416. The van der Waals surface area contributed by atoms with Crippen LogP contribution in [0.15, 0.2) is 78.9 Å². The van der Waals surface area contributed by atoms with Crippen LogP contribution in [0, 0.1) is 0 Å². The van der Waals surface area contributed by atoms with Crippen molar-refractivity contribution in [3.63, 3.8) is 0 Å². The van der Waals surface area contributed by atoms with Crippen LogP contribution < -0.4 is 5.32 Å². The molecule has 3 amide bonds. The molecule has 4 rings (SSSR count). The zero-order valence-electron chi connectivity index (χ0n) is 22.4. The summed E-state index contributed by atoms with van der Waals surface area (Å²) >= 11 is 0. The van der Waals surface area contributed by atoms with Crippen LogP contribution in [0.1, 0.15) is 30.1 Å². The van der Waals surface area contributed by atoms with Crippen LogP contribution in [0.4, 0.5) is 4.79 Å². The first-order chi connectivity index (χ1) is 19.4. The maximum atomic E-state index is 13.6. The molecule has 0 saturated carbocycles. The summed E-state index contributed by atoms with van der Waals surface area (Å²) in [5.74, 6) is -1.90. The van der Waals surface area contributed by atoms with Crippen molar-refractivity contribution in [2.45, 2.75) is 25.8 Å². The molecule has 9 heteroatoms. The van der Waals surface area contributed by atoms with E-state index in [2.05, 4.69) is 5.32 Å². The average Bonchev–Trinajstić information content (AvgIpc) is 2.99. The molecule has 1 aliphatic heterocycles. The van der Waals surface area contributed by atoms with Gasteiger partial charge in [0.2, 0.25) is 5.91 Å². The summed E-state index contributed by atoms with van der Waals surface area (Å²) in [4.78, 5) is 53.5. The Labute approximate surface area is 233 Å². The molecular weight excluding hydrogens is 510 g/mol. The van der Waals surface area contributed by atoms with Crippen molar-refractivity contribution in [3.05, 3.63) is 84.4 Å². The molecular formula is C31H33N3O6. The van der Waals surface area contributed by atoms with Crippen molar-refractivity contribution in [1.29, 1.82) is 0 Å². The highest BCUT2D eigenvalue weighted by Crippen LogP contribution is 2.28. The molecule has 3 aromatic carbocycles. The second-order valence-electron chi connectivity index (χ2n) is 9.50. The van der Waals surface area contributed by atoms with Gasteiger partial charge in [-0.1, -0.05) is 60.7 Å². The average molecular weight is 544 g/mol. The second-order valence-corrected chi connectivity index (χ2v) is 9.50. The largest absolute Gasteiger partial charge is 0.481 e. The van der Waals surface area contributed by atoms with Crippen molar-refractivity contribution in [2.24, 2.45) is 0 Å². The number of benzene rings is 3. The fourth-order valence-corrected chi connectivity index (χ4v) is 4.66. The predicted molar refractivity (Wildman–Crippen MR) is 151 cm³/mol. The number of nitrogens with zero attached hydrogens (tertiary/aromatic N) is 2. The number of amides is 3. The summed E-state index contributed by atoms with van der Waals surface area (Å²) < 4.78 is 5.04. The van der Waals surface area contributed by atoms with Gasteiger partial charge in [-0.25, -0.2) is 4.79 Å². The van der Waals surface area contributed by atoms with Crippen molar-refractivity contribution in [1.82, 2.24) is 15.1 Å². The molecule has 40 heavy (non-hydrogen) atoms. The minimum Gasteiger partial charge on any atom is -0.481 e. The van der Waals surface area contributed by atoms with Crippen LogP contribution >= 0.6 is 0 Å². The van der Waals surface area contributed by atoms with Gasteiger partial charge >= 0.3 is 12.1 Å². The number of carbonyl (C=O) groups is 4. The van der Waals surface area contributed by atoms with E-state index >= 15 is 0 Å². The monoisotopic (exact) mass is 543 g/mol. The Morgan fingerprint density at radius 2 is 1.32 bits per heavy atom. The number of nitrogens with one attached hydrogen (secondary N) is 1. The van der Waals surface area contributed by atoms with Gasteiger partial charge < -0.3 is 25.0 Å². The zero-order valence-corrected chi connectivity index (χ0v) is 22.4. The van der Waals surface area contributed by atoms with E-state index in [0.717, 1.165) is 22.3 Å². The highest BCUT2D eigenvalue weighted by atomic mass is 16.6. The Kier molecular flexibility index (Phi) is 9.51. The molecule has 0 aromatic heterocycles. The molecule has 0 radical (unpaired) electrons. The summed E-state index contributed by atoms with van der Waals surface area (Å²) in [5.41, 5.74) is 3.92. The smallest absolute Gasteiger partial charge is 0.409 e. The highest BCUT2D eigenvalue weighted by molar-refractivity contribution is 6.00. The molecule has 0 unspecified atom stereocenters. The third-order valence-corrected chi connectivity index (χ3v) is 6.78. The topological polar surface area (TPSA) is 116 Å². The Balaban J connectivity index is 1.57. The van der Waals surface area contributed by atoms with E-state index in [-0.39, 0.29) is 38.4 Å². The minimum absolute atomic E-state index is 0.0537. The summed E-state index contributed by atoms with van der Waals surface area (Å²) in [7, 11) is 0. The Morgan fingerprint density at radius 3 is 1.82 bits per heavy atom. The second kappa shape index (κ2) is 13.4. The summed E-state index contributed by atoms with van der Waals surface area (Å²) in [6.07, 6.45) is -0.765. The molecule has 0 spiro atoms. The molecule has 208 valence electrons. The first-order valence-electron chi connectivity index (χ1n) is 13.3. The Bertz CT molecular complexity index is 1280. The third-order valence-electron chi connectivity index (χ3n) is 6.78. The summed E-state index contributed by atoms with van der Waals surface area (Å²) in [6.45, 7) is 3.11. The van der Waals surface area contributed by atoms with Gasteiger partial charge in [0.15, 0.2) is 0 Å². The van der Waals surface area contributed by atoms with Crippen LogP contribution in [-0.2, 0) is 14.3 Å². The van der Waals surface area contributed by atoms with Gasteiger partial charge in [-0.2, -0.15) is 0 Å². The van der Waals surface area contributed by atoms with Crippen LogP contribution in [0.3, 0.4) is 0 Å². The molecule has 1 fully saturated rings. The van der Waals surface area contributed by atoms with Gasteiger partial charge in [-0.15, -0.1) is 0 Å². The summed E-state index contributed by atoms with van der Waals surface area (Å²) in [6, 6.07) is 23.9. The fourth-order valence-electron chi connectivity index (χ4n) is 4.66. The first-order valence-corrected chi connectivity index (χ1v) is 13.3. The Hall–Kier alpha value is -4.66. The zero-order chi connectivity index (χ0) is 28.5. The van der Waals surface area contributed by atoms with Gasteiger partial charge in [-0.3, -0.25) is 14.4 Å². The molecule has 1 atom stereocenters. The normalized spacial score (nSPS) is 13.8. The number of carboxylic acids is 1. The molecule has 3 aromatic rings. The fraction of sp³-hybridized carbons (Fsp3) is 0.290. The number of carboxylic acid groups (broad SMARTS) is 1. The number of piperazine rings is 1. The van der Waals surface area contributed by atoms with Crippen molar-refractivity contribution in [3.8, 4) is 22.3 Å². The molecule has 0 aliphatic carbocycles. The van der Waals surface area contributed by atoms with Gasteiger partial charge in [0.1, 0.15) is 6.04 Å². The van der Waals surface area contributed by atoms with Crippen molar-refractivity contribution in [2.75, 3.05) is 32.8 Å². The third kappa shape index (κ3) is 7.25. The van der Waals surface area contributed by atoms with E-state index in [1.807, 2.05) is 66.7 Å². The van der Waals surface area contributed by atoms with Crippen LogP contribution in [-0.4, -0.2) is 77.6 Å². The van der Waals surface area contributed by atoms with E-state index in [1.165, 1.54) is 4.90 Å². The minimum atomic E-state index is -1.06. The van der Waals surface area contributed by atoms with E-state index in [9.17, 15) is 24.3 Å². The first kappa shape index (κ1) is 28.4. The van der Waals surface area contributed by atoms with E-state index in [1.54, 1.807) is 24.0 Å². The van der Waals surface area contributed by atoms with E-state index < -0.39 is 24.0 Å². The molecule has 1 heterocycles. The number of aliphatic carboxylic acids is 1. The number of rotatable bonds is 9. The number of ether oxygens (including phenoxy) is 1. The molecule has 9 nitrogen and oxygen atoms in total. The number of carbonyl (C=O) groups excluding carboxylic acids is 3. The predicted octanol–water partition coefficient (Wildman–Crippen LogP) is 4.28. The lowest BCUT2D eigenvalue weighted by Crippen LogP contribution is -2.56. The Morgan fingerprint density at radius 1 is 0.800 bits per heavy atom. The SMILES string of the molecule is CCOC(=O)N1CCN(C(=O)[C@H](CCC(=O)O)NC(=O)c2cc(-c3ccccc3)cc(-c3ccccc3)c2)CC1. The molecule has 2 N–H and O–H groups in total. The van der Waals surface area contributed by atoms with Crippen LogP contribution in [0.5, 0.6) is 0 Å². The van der Waals surface area contributed by atoms with Gasteiger partial charge in [0.05, 0.1) is 6.61 Å². The number of hydrogen-bond donors (Lipinski definition) is 2. The maximum absolute atomic E-state index is 13.6. The molecule has 1 saturated heterocycles. The standard InChI is InChI=1S/C31H33N3O6/c1-2-40-31(39)34-17-15-33(16-18-34)30(38)27(13-14-28(35)36)32-29(37)26-20-24(22-9-5-3-6-10-22)19-25(21-26)23-11-7-4-8-12-23/h3-12,19-21,27H,2,13-18H2,1H3,(H,32,37)(H,35,36)/t27-/m0/s1. The highest BCUT2D eigenvalue weighted by Gasteiger charge is 2.31. The van der Waals surface area contributed by atoms with E-state index in [0.29, 0.717) is 18.7 Å². The van der Waals surface area contributed by atoms with Gasteiger partial charge in [0.25, 0.3) is 5.91 Å². The maximum Gasteiger partial charge on any atom is 0.409 e. The van der Waals surface area contributed by atoms with Crippen LogP contribution in [0.25, 0.3) is 22.3 Å². The number of hydrogen-bond acceptors (Lipinski definition) is 5. The van der Waals surface area contributed by atoms with Crippen molar-refractivity contribution < 1.29 is 29.0 Å². The lowest BCUT2D eigenvalue weighted by molar-refractivity contribution is -0.138. The molecule has 1 aliphatic rings. The lowest BCUT2D eigenvalue weighted by Gasteiger charge is -2.36.